The Morgan fingerprint density at radius 2 is 1.75 bits per heavy atom. The molecule has 0 fully saturated rings. The van der Waals surface area contributed by atoms with Gasteiger partial charge in [-0.1, -0.05) is 30.3 Å². The number of hydrogen-bond donors (Lipinski definition) is 0. The second-order valence-electron chi connectivity index (χ2n) is 3.65. The van der Waals surface area contributed by atoms with Gasteiger partial charge in [-0.05, 0) is 30.2 Å². The van der Waals surface area contributed by atoms with Crippen molar-refractivity contribution in [3.63, 3.8) is 0 Å². The van der Waals surface area contributed by atoms with Gasteiger partial charge in [0, 0.05) is 18.6 Å². The van der Waals surface area contributed by atoms with Crippen molar-refractivity contribution < 1.29 is 0 Å². The summed E-state index contributed by atoms with van der Waals surface area (Å²) in [6, 6.07) is 14.4. The predicted molar refractivity (Wildman–Crippen MR) is 66.7 cm³/mol. The molecule has 1 heterocycles. The Bertz CT molecular complexity index is 449. The fraction of sp³-hybridized carbons (Fsp3) is 0.143. The van der Waals surface area contributed by atoms with Gasteiger partial charge in [0.15, 0.2) is 0 Å². The molecule has 2 aromatic rings. The van der Waals surface area contributed by atoms with Crippen molar-refractivity contribution in [3.8, 4) is 0 Å². The van der Waals surface area contributed by atoms with Crippen molar-refractivity contribution >= 4 is 6.21 Å². The third-order valence-electron chi connectivity index (χ3n) is 2.44. The van der Waals surface area contributed by atoms with Crippen molar-refractivity contribution in [2.45, 2.75) is 13.0 Å². The molecule has 0 radical (unpaired) electrons. The van der Waals surface area contributed by atoms with Crippen LogP contribution < -0.4 is 0 Å². The number of pyridine rings is 1. The summed E-state index contributed by atoms with van der Waals surface area (Å²) in [4.78, 5) is 8.48. The molecule has 0 unspecified atom stereocenters. The number of aliphatic imine (C=N–C) groups is 1. The zero-order valence-corrected chi connectivity index (χ0v) is 9.25. The standard InChI is InChI=1S/C14H14N2/c1-12(14-5-3-2-4-6-14)16-11-13-7-9-15-10-8-13/h2-12H,1H3/t12-/m0/s1. The van der Waals surface area contributed by atoms with E-state index in [4.69, 9.17) is 0 Å². The summed E-state index contributed by atoms with van der Waals surface area (Å²) < 4.78 is 0. The van der Waals surface area contributed by atoms with E-state index >= 15 is 0 Å². The first kappa shape index (κ1) is 10.6. The van der Waals surface area contributed by atoms with Crippen LogP contribution in [0.2, 0.25) is 0 Å². The summed E-state index contributed by atoms with van der Waals surface area (Å²) in [6.07, 6.45) is 5.43. The summed E-state index contributed by atoms with van der Waals surface area (Å²) in [5.41, 5.74) is 2.31. The maximum absolute atomic E-state index is 4.51. The highest BCUT2D eigenvalue weighted by atomic mass is 14.8. The van der Waals surface area contributed by atoms with Crippen molar-refractivity contribution in [3.05, 3.63) is 66.0 Å². The van der Waals surface area contributed by atoms with Gasteiger partial charge in [0.1, 0.15) is 0 Å². The third kappa shape index (κ3) is 2.76. The summed E-state index contributed by atoms with van der Waals surface area (Å²) >= 11 is 0. The second kappa shape index (κ2) is 5.21. The number of nitrogens with zero attached hydrogens (tertiary/aromatic N) is 2. The highest BCUT2D eigenvalue weighted by Gasteiger charge is 1.99. The van der Waals surface area contributed by atoms with E-state index in [0.29, 0.717) is 0 Å². The van der Waals surface area contributed by atoms with E-state index in [1.807, 2.05) is 36.5 Å². The molecule has 1 aromatic carbocycles. The molecule has 80 valence electrons. The lowest BCUT2D eigenvalue weighted by Crippen LogP contribution is -1.90. The molecule has 0 amide bonds. The van der Waals surface area contributed by atoms with E-state index in [1.54, 1.807) is 12.4 Å². The van der Waals surface area contributed by atoms with Crippen LogP contribution in [-0.2, 0) is 0 Å². The molecule has 2 heteroatoms. The Morgan fingerprint density at radius 1 is 1.06 bits per heavy atom. The van der Waals surface area contributed by atoms with E-state index in [1.165, 1.54) is 5.56 Å². The van der Waals surface area contributed by atoms with Crippen molar-refractivity contribution in [2.24, 2.45) is 4.99 Å². The molecular formula is C14H14N2. The normalized spacial score (nSPS) is 12.8. The third-order valence-corrected chi connectivity index (χ3v) is 2.44. The molecule has 1 aromatic heterocycles. The highest BCUT2D eigenvalue weighted by molar-refractivity contribution is 5.79. The number of rotatable bonds is 3. The minimum Gasteiger partial charge on any atom is -0.285 e. The van der Waals surface area contributed by atoms with Gasteiger partial charge in [0.25, 0.3) is 0 Å². The van der Waals surface area contributed by atoms with Crippen LogP contribution in [0.5, 0.6) is 0 Å². The Labute approximate surface area is 95.7 Å². The summed E-state index contributed by atoms with van der Waals surface area (Å²) in [5, 5.41) is 0. The number of aromatic nitrogens is 1. The molecule has 0 aliphatic rings. The molecule has 0 aliphatic heterocycles. The number of hydrogen-bond acceptors (Lipinski definition) is 2. The minimum atomic E-state index is 0.189. The van der Waals surface area contributed by atoms with Crippen LogP contribution >= 0.6 is 0 Å². The zero-order valence-electron chi connectivity index (χ0n) is 9.25. The van der Waals surface area contributed by atoms with Gasteiger partial charge in [-0.25, -0.2) is 0 Å². The molecule has 2 rings (SSSR count). The quantitative estimate of drug-likeness (QED) is 0.714. The van der Waals surface area contributed by atoms with Crippen LogP contribution in [0, 0.1) is 0 Å². The molecule has 0 bridgehead atoms. The largest absolute Gasteiger partial charge is 0.285 e. The van der Waals surface area contributed by atoms with Gasteiger partial charge in [0.05, 0.1) is 6.04 Å². The molecule has 16 heavy (non-hydrogen) atoms. The maximum Gasteiger partial charge on any atom is 0.0721 e. The molecule has 0 saturated heterocycles. The molecule has 0 spiro atoms. The van der Waals surface area contributed by atoms with E-state index in [-0.39, 0.29) is 6.04 Å². The van der Waals surface area contributed by atoms with Crippen LogP contribution in [0.25, 0.3) is 0 Å². The van der Waals surface area contributed by atoms with Crippen LogP contribution in [0.4, 0.5) is 0 Å². The van der Waals surface area contributed by atoms with Crippen molar-refractivity contribution in [2.75, 3.05) is 0 Å². The minimum absolute atomic E-state index is 0.189. The molecule has 1 atom stereocenters. The Morgan fingerprint density at radius 3 is 2.44 bits per heavy atom. The monoisotopic (exact) mass is 210 g/mol. The lowest BCUT2D eigenvalue weighted by Gasteiger charge is -2.05. The van der Waals surface area contributed by atoms with Crippen LogP contribution in [0.1, 0.15) is 24.1 Å². The van der Waals surface area contributed by atoms with Gasteiger partial charge in [0.2, 0.25) is 0 Å². The van der Waals surface area contributed by atoms with Crippen molar-refractivity contribution in [1.82, 2.24) is 4.98 Å². The fourth-order valence-electron chi connectivity index (χ4n) is 1.47. The maximum atomic E-state index is 4.51. The van der Waals surface area contributed by atoms with E-state index in [0.717, 1.165) is 5.56 Å². The fourth-order valence-corrected chi connectivity index (χ4v) is 1.47. The average Bonchev–Trinajstić information content (AvgIpc) is 2.38. The van der Waals surface area contributed by atoms with Gasteiger partial charge in [-0.2, -0.15) is 0 Å². The zero-order chi connectivity index (χ0) is 11.2. The topological polar surface area (TPSA) is 25.2 Å². The number of benzene rings is 1. The lowest BCUT2D eigenvalue weighted by atomic mass is 10.1. The summed E-state index contributed by atoms with van der Waals surface area (Å²) in [5.74, 6) is 0. The van der Waals surface area contributed by atoms with E-state index in [9.17, 15) is 0 Å². The Balaban J connectivity index is 2.08. The first-order chi connectivity index (χ1) is 7.86. The van der Waals surface area contributed by atoms with Gasteiger partial charge < -0.3 is 0 Å². The molecule has 2 nitrogen and oxygen atoms in total. The highest BCUT2D eigenvalue weighted by Crippen LogP contribution is 2.15. The first-order valence-electron chi connectivity index (χ1n) is 5.34. The SMILES string of the molecule is C[C@H](N=Cc1ccncc1)c1ccccc1. The first-order valence-corrected chi connectivity index (χ1v) is 5.34. The summed E-state index contributed by atoms with van der Waals surface area (Å²) in [7, 11) is 0. The molecule has 0 saturated carbocycles. The van der Waals surface area contributed by atoms with E-state index in [2.05, 4.69) is 29.0 Å². The van der Waals surface area contributed by atoms with Crippen LogP contribution in [-0.4, -0.2) is 11.2 Å². The van der Waals surface area contributed by atoms with Gasteiger partial charge >= 0.3 is 0 Å². The van der Waals surface area contributed by atoms with Crippen molar-refractivity contribution in [1.29, 1.82) is 0 Å². The second-order valence-corrected chi connectivity index (χ2v) is 3.65. The molecule has 0 aliphatic carbocycles. The Kier molecular flexibility index (Phi) is 3.44. The Hall–Kier alpha value is -1.96. The average molecular weight is 210 g/mol. The predicted octanol–water partition coefficient (Wildman–Crippen LogP) is 3.26. The van der Waals surface area contributed by atoms with Gasteiger partial charge in [-0.3, -0.25) is 9.98 Å². The van der Waals surface area contributed by atoms with Gasteiger partial charge in [-0.15, -0.1) is 0 Å². The van der Waals surface area contributed by atoms with E-state index < -0.39 is 0 Å². The van der Waals surface area contributed by atoms with Crippen LogP contribution in [0.15, 0.2) is 59.9 Å². The molecular weight excluding hydrogens is 196 g/mol. The molecule has 0 N–H and O–H groups in total. The van der Waals surface area contributed by atoms with Crippen LogP contribution in [0.3, 0.4) is 0 Å². The summed E-state index contributed by atoms with van der Waals surface area (Å²) in [6.45, 7) is 2.09. The lowest BCUT2D eigenvalue weighted by molar-refractivity contribution is 0.825. The smallest absolute Gasteiger partial charge is 0.0721 e.